The normalized spacial score (nSPS) is 17.3. The number of ether oxygens (including phenoxy) is 1. The number of amides is 1. The minimum atomic E-state index is -4.41. The lowest BCUT2D eigenvalue weighted by atomic mass is 10.2. The maximum Gasteiger partial charge on any atom is 0.417 e. The van der Waals surface area contributed by atoms with Gasteiger partial charge in [0.2, 0.25) is 0 Å². The molecule has 0 radical (unpaired) electrons. The van der Waals surface area contributed by atoms with Gasteiger partial charge in [-0.3, -0.25) is 4.79 Å². The van der Waals surface area contributed by atoms with Crippen molar-refractivity contribution in [2.45, 2.75) is 25.1 Å². The van der Waals surface area contributed by atoms with Crippen LogP contribution in [0.15, 0.2) is 42.6 Å². The molecule has 132 valence electrons. The van der Waals surface area contributed by atoms with Crippen LogP contribution in [0.2, 0.25) is 0 Å². The van der Waals surface area contributed by atoms with E-state index in [-0.39, 0.29) is 5.91 Å². The first-order chi connectivity index (χ1) is 11.9. The molecule has 0 unspecified atom stereocenters. The monoisotopic (exact) mass is 351 g/mol. The van der Waals surface area contributed by atoms with Gasteiger partial charge in [0, 0.05) is 24.2 Å². The maximum absolute atomic E-state index is 12.5. The molecule has 1 atom stereocenters. The van der Waals surface area contributed by atoms with Gasteiger partial charge in [0.25, 0.3) is 5.91 Å². The molecule has 1 aromatic carbocycles. The van der Waals surface area contributed by atoms with Crippen LogP contribution < -0.4 is 10.6 Å². The van der Waals surface area contributed by atoms with Gasteiger partial charge in [0.05, 0.1) is 5.56 Å². The molecule has 2 N–H and O–H groups in total. The molecule has 1 aliphatic rings. The van der Waals surface area contributed by atoms with E-state index in [1.54, 1.807) is 24.3 Å². The Labute approximate surface area is 142 Å². The summed E-state index contributed by atoms with van der Waals surface area (Å²) in [5.41, 5.74) is 0.457. The van der Waals surface area contributed by atoms with Crippen molar-refractivity contribution in [3.63, 3.8) is 0 Å². The van der Waals surface area contributed by atoms with E-state index in [1.807, 2.05) is 0 Å². The fourth-order valence-corrected chi connectivity index (χ4v) is 2.43. The summed E-state index contributed by atoms with van der Waals surface area (Å²) in [6.45, 7) is 0.598. The second-order valence-electron chi connectivity index (χ2n) is 5.62. The van der Waals surface area contributed by atoms with E-state index in [4.69, 9.17) is 4.74 Å². The Morgan fingerprint density at radius 3 is 2.40 bits per heavy atom. The third-order valence-electron chi connectivity index (χ3n) is 3.74. The van der Waals surface area contributed by atoms with Gasteiger partial charge in [0.1, 0.15) is 11.9 Å². The molecule has 1 amide bonds. The molecule has 2 heterocycles. The number of rotatable bonds is 4. The van der Waals surface area contributed by atoms with E-state index >= 15 is 0 Å². The zero-order valence-corrected chi connectivity index (χ0v) is 13.1. The molecule has 1 fully saturated rings. The van der Waals surface area contributed by atoms with Crippen LogP contribution >= 0.6 is 0 Å². The molecule has 1 aromatic heterocycles. The van der Waals surface area contributed by atoms with Gasteiger partial charge in [-0.25, -0.2) is 4.98 Å². The number of nitrogens with one attached hydrogen (secondary N) is 2. The SMILES string of the molecule is O=C(Nc1ccc(Nc2ccc(C(F)(F)F)cn2)cc1)[C@H]1CCCO1. The Morgan fingerprint density at radius 1 is 1.12 bits per heavy atom. The first-order valence-corrected chi connectivity index (χ1v) is 7.74. The van der Waals surface area contributed by atoms with E-state index in [0.717, 1.165) is 18.7 Å². The van der Waals surface area contributed by atoms with Gasteiger partial charge >= 0.3 is 6.18 Å². The molecule has 1 saturated heterocycles. The van der Waals surface area contributed by atoms with Crippen molar-refractivity contribution in [2.75, 3.05) is 17.2 Å². The van der Waals surface area contributed by atoms with Crippen LogP contribution in [-0.4, -0.2) is 23.6 Å². The number of halogens is 3. The highest BCUT2D eigenvalue weighted by atomic mass is 19.4. The molecule has 0 bridgehead atoms. The van der Waals surface area contributed by atoms with E-state index in [9.17, 15) is 18.0 Å². The molecule has 8 heteroatoms. The Balaban J connectivity index is 1.59. The Morgan fingerprint density at radius 2 is 1.84 bits per heavy atom. The van der Waals surface area contributed by atoms with Crippen LogP contribution in [-0.2, 0) is 15.7 Å². The zero-order valence-electron chi connectivity index (χ0n) is 13.1. The maximum atomic E-state index is 12.5. The van der Waals surface area contributed by atoms with E-state index in [1.165, 1.54) is 6.07 Å². The topological polar surface area (TPSA) is 63.2 Å². The van der Waals surface area contributed by atoms with Crippen molar-refractivity contribution >= 4 is 23.1 Å². The highest BCUT2D eigenvalue weighted by Gasteiger charge is 2.30. The minimum absolute atomic E-state index is 0.178. The molecule has 5 nitrogen and oxygen atoms in total. The molecule has 3 rings (SSSR count). The summed E-state index contributed by atoms with van der Waals surface area (Å²) in [6.07, 6.45) is -2.45. The number of anilines is 3. The van der Waals surface area contributed by atoms with Gasteiger partial charge < -0.3 is 15.4 Å². The van der Waals surface area contributed by atoms with Crippen molar-refractivity contribution in [2.24, 2.45) is 0 Å². The van der Waals surface area contributed by atoms with Crippen LogP contribution in [0.3, 0.4) is 0 Å². The molecule has 1 aliphatic heterocycles. The number of benzene rings is 1. The van der Waals surface area contributed by atoms with Gasteiger partial charge in [-0.2, -0.15) is 13.2 Å². The van der Waals surface area contributed by atoms with Crippen LogP contribution in [0.5, 0.6) is 0 Å². The quantitative estimate of drug-likeness (QED) is 0.875. The summed E-state index contributed by atoms with van der Waals surface area (Å²) in [5.74, 6) is 0.117. The molecular formula is C17H16F3N3O2. The zero-order chi connectivity index (χ0) is 17.9. The number of nitrogens with zero attached hydrogens (tertiary/aromatic N) is 1. The number of alkyl halides is 3. The van der Waals surface area contributed by atoms with Crippen molar-refractivity contribution in [3.05, 3.63) is 48.2 Å². The summed E-state index contributed by atoms with van der Waals surface area (Å²) < 4.78 is 42.8. The first-order valence-electron chi connectivity index (χ1n) is 7.74. The number of pyridine rings is 1. The number of carbonyl (C=O) groups excluding carboxylic acids is 1. The lowest BCUT2D eigenvalue weighted by Crippen LogP contribution is -2.26. The van der Waals surface area contributed by atoms with Crippen molar-refractivity contribution in [3.8, 4) is 0 Å². The number of carbonyl (C=O) groups is 1. The third-order valence-corrected chi connectivity index (χ3v) is 3.74. The summed E-state index contributed by atoms with van der Waals surface area (Å²) in [6, 6.07) is 9.01. The van der Waals surface area contributed by atoms with Crippen molar-refractivity contribution < 1.29 is 22.7 Å². The highest BCUT2D eigenvalue weighted by Crippen LogP contribution is 2.29. The van der Waals surface area contributed by atoms with E-state index in [0.29, 0.717) is 30.2 Å². The fraction of sp³-hybridized carbons (Fsp3) is 0.294. The Hall–Kier alpha value is -2.61. The summed E-state index contributed by atoms with van der Waals surface area (Å²) in [7, 11) is 0. The molecule has 0 spiro atoms. The largest absolute Gasteiger partial charge is 0.417 e. The van der Waals surface area contributed by atoms with Crippen LogP contribution in [0.25, 0.3) is 0 Å². The minimum Gasteiger partial charge on any atom is -0.368 e. The summed E-state index contributed by atoms with van der Waals surface area (Å²) in [4.78, 5) is 15.7. The molecule has 0 aliphatic carbocycles. The molecule has 0 saturated carbocycles. The molecular weight excluding hydrogens is 335 g/mol. The van der Waals surface area contributed by atoms with Crippen molar-refractivity contribution in [1.29, 1.82) is 0 Å². The Bertz CT molecular complexity index is 724. The highest BCUT2D eigenvalue weighted by molar-refractivity contribution is 5.94. The predicted molar refractivity (Wildman–Crippen MR) is 86.6 cm³/mol. The summed E-state index contributed by atoms with van der Waals surface area (Å²) >= 11 is 0. The lowest BCUT2D eigenvalue weighted by Gasteiger charge is -2.11. The summed E-state index contributed by atoms with van der Waals surface area (Å²) in [5, 5.41) is 5.67. The van der Waals surface area contributed by atoms with Crippen molar-refractivity contribution in [1.82, 2.24) is 4.98 Å². The second kappa shape index (κ2) is 7.10. The average Bonchev–Trinajstić information content (AvgIpc) is 3.11. The van der Waals surface area contributed by atoms with Gasteiger partial charge in [-0.05, 0) is 49.2 Å². The first kappa shape index (κ1) is 17.2. The average molecular weight is 351 g/mol. The smallest absolute Gasteiger partial charge is 0.368 e. The van der Waals surface area contributed by atoms with Crippen LogP contribution in [0, 0.1) is 0 Å². The lowest BCUT2D eigenvalue weighted by molar-refractivity contribution is -0.137. The van der Waals surface area contributed by atoms with E-state index in [2.05, 4.69) is 15.6 Å². The van der Waals surface area contributed by atoms with Gasteiger partial charge in [-0.15, -0.1) is 0 Å². The number of hydrogen-bond acceptors (Lipinski definition) is 4. The van der Waals surface area contributed by atoms with Crippen LogP contribution in [0.1, 0.15) is 18.4 Å². The second-order valence-corrected chi connectivity index (χ2v) is 5.62. The van der Waals surface area contributed by atoms with E-state index < -0.39 is 17.8 Å². The Kier molecular flexibility index (Phi) is 4.89. The number of hydrogen-bond donors (Lipinski definition) is 2. The molecule has 25 heavy (non-hydrogen) atoms. The molecule has 2 aromatic rings. The van der Waals surface area contributed by atoms with Gasteiger partial charge in [0.15, 0.2) is 0 Å². The standard InChI is InChI=1S/C17H16F3N3O2/c18-17(19,20)11-3-8-15(21-10-11)22-12-4-6-13(7-5-12)23-16(24)14-2-1-9-25-14/h3-8,10,14H,1-2,9H2,(H,21,22)(H,23,24)/t14-/m1/s1. The third kappa shape index (κ3) is 4.48. The number of aromatic nitrogens is 1. The predicted octanol–water partition coefficient (Wildman–Crippen LogP) is 3.96. The van der Waals surface area contributed by atoms with Gasteiger partial charge in [-0.1, -0.05) is 0 Å². The fourth-order valence-electron chi connectivity index (χ4n) is 2.43. The van der Waals surface area contributed by atoms with Crippen LogP contribution in [0.4, 0.5) is 30.4 Å².